The molecule has 198 valence electrons. The van der Waals surface area contributed by atoms with E-state index in [0.29, 0.717) is 28.5 Å². The molecule has 2 aromatic heterocycles. The van der Waals surface area contributed by atoms with Crippen LogP contribution in [0.25, 0.3) is 22.5 Å². The number of ether oxygens (including phenoxy) is 1. The van der Waals surface area contributed by atoms with Crippen LogP contribution in [0.4, 0.5) is 17.2 Å². The fourth-order valence-electron chi connectivity index (χ4n) is 4.35. The van der Waals surface area contributed by atoms with E-state index in [1.807, 2.05) is 121 Å². The van der Waals surface area contributed by atoms with Crippen LogP contribution < -0.4 is 9.64 Å². The smallest absolute Gasteiger partial charge is 0.136 e. The second-order valence-electron chi connectivity index (χ2n) is 8.81. The van der Waals surface area contributed by atoms with Gasteiger partial charge in [0.1, 0.15) is 23.1 Å². The van der Waals surface area contributed by atoms with Crippen molar-refractivity contribution in [2.45, 2.75) is 0 Å². The van der Waals surface area contributed by atoms with Gasteiger partial charge in [0.25, 0.3) is 0 Å². The fourth-order valence-corrected chi connectivity index (χ4v) is 4.35. The number of phenolic OH excluding ortho intramolecular Hbond substituents is 1. The molecule has 6 aromatic rings. The van der Waals surface area contributed by atoms with E-state index in [4.69, 9.17) is 9.72 Å². The van der Waals surface area contributed by atoms with Crippen molar-refractivity contribution < 1.29 is 30.9 Å². The topological polar surface area (TPSA) is 58.5 Å². The Morgan fingerprint density at radius 1 is 0.650 bits per heavy atom. The third-order valence-corrected chi connectivity index (χ3v) is 6.15. The molecule has 0 saturated carbocycles. The zero-order chi connectivity index (χ0) is 26.4. The minimum absolute atomic E-state index is 0. The van der Waals surface area contributed by atoms with Crippen molar-refractivity contribution in [3.8, 4) is 39.8 Å². The van der Waals surface area contributed by atoms with Crippen LogP contribution in [-0.4, -0.2) is 15.1 Å². The largest absolute Gasteiger partial charge is 0.507 e. The van der Waals surface area contributed by atoms with Crippen molar-refractivity contribution in [2.24, 2.45) is 0 Å². The first-order valence-corrected chi connectivity index (χ1v) is 12.6. The van der Waals surface area contributed by atoms with Crippen LogP contribution in [0.2, 0.25) is 0 Å². The SMILES string of the molecule is Oc1ccccc1-c1cc(Oc2ccccc2)cc(-c2[c-]c(N(c3ccccc3)c3ccccn3)ccc2)n1.[Pt]. The van der Waals surface area contributed by atoms with Gasteiger partial charge in [-0.15, -0.1) is 29.8 Å². The Morgan fingerprint density at radius 2 is 1.35 bits per heavy atom. The second-order valence-corrected chi connectivity index (χ2v) is 8.81. The maximum Gasteiger partial charge on any atom is 0.136 e. The zero-order valence-electron chi connectivity index (χ0n) is 21.3. The van der Waals surface area contributed by atoms with Gasteiger partial charge in [-0.05, 0) is 66.0 Å². The molecule has 0 aliphatic heterocycles. The minimum atomic E-state index is 0. The molecule has 40 heavy (non-hydrogen) atoms. The Morgan fingerprint density at radius 3 is 2.10 bits per heavy atom. The van der Waals surface area contributed by atoms with Gasteiger partial charge in [0.2, 0.25) is 0 Å². The van der Waals surface area contributed by atoms with Crippen LogP contribution in [0.5, 0.6) is 17.2 Å². The predicted molar refractivity (Wildman–Crippen MR) is 155 cm³/mol. The molecule has 0 aliphatic carbocycles. The number of anilines is 3. The maximum absolute atomic E-state index is 10.6. The summed E-state index contributed by atoms with van der Waals surface area (Å²) in [5, 5.41) is 10.6. The average Bonchev–Trinajstić information content (AvgIpc) is 2.99. The van der Waals surface area contributed by atoms with E-state index < -0.39 is 0 Å². The molecule has 4 aromatic carbocycles. The molecular formula is C34H24N3O2Pt-. The van der Waals surface area contributed by atoms with Gasteiger partial charge in [-0.2, -0.15) is 0 Å². The van der Waals surface area contributed by atoms with Crippen molar-refractivity contribution in [3.05, 3.63) is 146 Å². The average molecular weight is 702 g/mol. The van der Waals surface area contributed by atoms with E-state index in [2.05, 4.69) is 16.0 Å². The molecule has 0 amide bonds. The van der Waals surface area contributed by atoms with Crippen LogP contribution in [0.1, 0.15) is 0 Å². The third-order valence-electron chi connectivity index (χ3n) is 6.15. The summed E-state index contributed by atoms with van der Waals surface area (Å²) in [5.74, 6) is 2.24. The minimum Gasteiger partial charge on any atom is -0.507 e. The molecule has 0 bridgehead atoms. The predicted octanol–water partition coefficient (Wildman–Crippen LogP) is 8.58. The number of rotatable bonds is 7. The van der Waals surface area contributed by atoms with Crippen molar-refractivity contribution in [1.29, 1.82) is 0 Å². The van der Waals surface area contributed by atoms with Gasteiger partial charge >= 0.3 is 0 Å². The van der Waals surface area contributed by atoms with Crippen LogP contribution in [-0.2, 0) is 21.1 Å². The molecule has 5 nitrogen and oxygen atoms in total. The molecule has 0 radical (unpaired) electrons. The van der Waals surface area contributed by atoms with Gasteiger partial charge in [0.05, 0.1) is 5.69 Å². The summed E-state index contributed by atoms with van der Waals surface area (Å²) in [7, 11) is 0. The van der Waals surface area contributed by atoms with Gasteiger partial charge < -0.3 is 14.7 Å². The Balaban J connectivity index is 0.00000323. The molecule has 2 heterocycles. The molecule has 6 rings (SSSR count). The van der Waals surface area contributed by atoms with Gasteiger partial charge in [-0.25, -0.2) is 4.98 Å². The maximum atomic E-state index is 10.6. The number of aromatic hydroxyl groups is 1. The molecule has 6 heteroatoms. The van der Waals surface area contributed by atoms with Crippen LogP contribution in [0, 0.1) is 6.07 Å². The van der Waals surface area contributed by atoms with E-state index in [0.717, 1.165) is 22.8 Å². The number of para-hydroxylation sites is 3. The summed E-state index contributed by atoms with van der Waals surface area (Å²) >= 11 is 0. The number of phenols is 1. The number of hydrogen-bond donors (Lipinski definition) is 1. The molecule has 0 spiro atoms. The van der Waals surface area contributed by atoms with Gasteiger partial charge in [-0.3, -0.25) is 4.98 Å². The summed E-state index contributed by atoms with van der Waals surface area (Å²) in [6.45, 7) is 0. The molecule has 0 unspecified atom stereocenters. The van der Waals surface area contributed by atoms with Crippen molar-refractivity contribution in [2.75, 3.05) is 4.90 Å². The molecule has 0 aliphatic rings. The monoisotopic (exact) mass is 701 g/mol. The van der Waals surface area contributed by atoms with Crippen LogP contribution in [0.15, 0.2) is 140 Å². The van der Waals surface area contributed by atoms with E-state index in [9.17, 15) is 5.11 Å². The number of nitrogens with zero attached hydrogens (tertiary/aromatic N) is 3. The number of hydrogen-bond acceptors (Lipinski definition) is 5. The molecule has 0 saturated heterocycles. The summed E-state index contributed by atoms with van der Waals surface area (Å²) in [4.78, 5) is 11.6. The zero-order valence-corrected chi connectivity index (χ0v) is 23.6. The first-order valence-electron chi connectivity index (χ1n) is 12.6. The van der Waals surface area contributed by atoms with Crippen molar-refractivity contribution in [3.63, 3.8) is 0 Å². The first kappa shape index (κ1) is 26.9. The third kappa shape index (κ3) is 5.96. The number of benzene rings is 4. The Bertz CT molecular complexity index is 1660. The van der Waals surface area contributed by atoms with Gasteiger partial charge in [0.15, 0.2) is 0 Å². The molecular weight excluding hydrogens is 677 g/mol. The Kier molecular flexibility index (Phi) is 8.34. The quantitative estimate of drug-likeness (QED) is 0.169. The van der Waals surface area contributed by atoms with E-state index in [1.165, 1.54) is 0 Å². The molecule has 0 atom stereocenters. The summed E-state index contributed by atoms with van der Waals surface area (Å²) in [6.07, 6.45) is 1.78. The van der Waals surface area contributed by atoms with E-state index in [1.54, 1.807) is 18.3 Å². The number of aromatic nitrogens is 2. The molecule has 1 N–H and O–H groups in total. The van der Waals surface area contributed by atoms with Crippen molar-refractivity contribution in [1.82, 2.24) is 9.97 Å². The normalized spacial score (nSPS) is 10.4. The standard InChI is InChI=1S/C34H24N3O2.Pt/c38-33-19-8-7-18-30(33)32-24-29(39-28-16-5-2-6-17-28)23-31(36-32)25-12-11-15-27(22-25)37(26-13-3-1-4-14-26)34-20-9-10-21-35-34;/h1-21,23-24,38H;/q-1;. The second kappa shape index (κ2) is 12.4. The van der Waals surface area contributed by atoms with Gasteiger partial charge in [-0.1, -0.05) is 54.6 Å². The number of pyridine rings is 2. The molecule has 0 fully saturated rings. The summed E-state index contributed by atoms with van der Waals surface area (Å²) in [6, 6.07) is 45.9. The fraction of sp³-hybridized carbons (Fsp3) is 0. The Hall–Kier alpha value is -4.73. The van der Waals surface area contributed by atoms with E-state index >= 15 is 0 Å². The van der Waals surface area contributed by atoms with Crippen molar-refractivity contribution >= 4 is 17.2 Å². The Labute approximate surface area is 247 Å². The van der Waals surface area contributed by atoms with E-state index in [-0.39, 0.29) is 26.8 Å². The van der Waals surface area contributed by atoms with Crippen LogP contribution >= 0.6 is 0 Å². The summed E-state index contributed by atoms with van der Waals surface area (Å²) < 4.78 is 6.20. The summed E-state index contributed by atoms with van der Waals surface area (Å²) in [5.41, 5.74) is 4.44. The first-order chi connectivity index (χ1) is 19.2. The van der Waals surface area contributed by atoms with Gasteiger partial charge in [0, 0.05) is 44.6 Å². The van der Waals surface area contributed by atoms with Crippen LogP contribution in [0.3, 0.4) is 0 Å².